The van der Waals surface area contributed by atoms with Crippen molar-refractivity contribution in [2.75, 3.05) is 13.2 Å². The van der Waals surface area contributed by atoms with Gasteiger partial charge in [-0.05, 0) is 30.9 Å². The average molecular weight is 252 g/mol. The summed E-state index contributed by atoms with van der Waals surface area (Å²) in [5.41, 5.74) is 0.858. The van der Waals surface area contributed by atoms with Crippen molar-refractivity contribution in [3.8, 4) is 0 Å². The number of ether oxygens (including phenoxy) is 1. The van der Waals surface area contributed by atoms with Crippen molar-refractivity contribution in [3.63, 3.8) is 0 Å². The van der Waals surface area contributed by atoms with Crippen molar-refractivity contribution in [1.82, 2.24) is 14.6 Å². The van der Waals surface area contributed by atoms with E-state index in [4.69, 9.17) is 16.3 Å². The van der Waals surface area contributed by atoms with Crippen LogP contribution in [0.4, 0.5) is 0 Å². The molecule has 0 amide bonds. The van der Waals surface area contributed by atoms with Crippen LogP contribution in [0.25, 0.3) is 5.65 Å². The summed E-state index contributed by atoms with van der Waals surface area (Å²) in [6.07, 6.45) is 4.94. The molecule has 1 fully saturated rings. The first-order chi connectivity index (χ1) is 8.31. The maximum Gasteiger partial charge on any atom is 0.155 e. The van der Waals surface area contributed by atoms with Crippen LogP contribution >= 0.6 is 11.6 Å². The third-order valence-corrected chi connectivity index (χ3v) is 3.37. The summed E-state index contributed by atoms with van der Waals surface area (Å²) < 4.78 is 7.10. The number of hydrogen-bond acceptors (Lipinski definition) is 3. The Morgan fingerprint density at radius 2 is 2.18 bits per heavy atom. The molecule has 0 atom stereocenters. The van der Waals surface area contributed by atoms with E-state index in [1.54, 1.807) is 10.7 Å². The van der Waals surface area contributed by atoms with E-state index in [9.17, 15) is 0 Å². The lowest BCUT2D eigenvalue weighted by Crippen LogP contribution is -2.18. The van der Waals surface area contributed by atoms with Crippen LogP contribution in [0.2, 0.25) is 5.02 Å². The van der Waals surface area contributed by atoms with E-state index < -0.39 is 0 Å². The van der Waals surface area contributed by atoms with Gasteiger partial charge in [-0.25, -0.2) is 9.50 Å². The molecule has 3 heterocycles. The van der Waals surface area contributed by atoms with Gasteiger partial charge in [-0.2, -0.15) is 5.10 Å². The Morgan fingerprint density at radius 3 is 3.00 bits per heavy atom. The molecule has 90 valence electrons. The van der Waals surface area contributed by atoms with Crippen molar-refractivity contribution in [1.29, 1.82) is 0 Å². The normalized spacial score (nSPS) is 17.7. The highest BCUT2D eigenvalue weighted by Crippen LogP contribution is 2.19. The summed E-state index contributed by atoms with van der Waals surface area (Å²) in [6.45, 7) is 1.73. The van der Waals surface area contributed by atoms with Gasteiger partial charge in [-0.1, -0.05) is 11.6 Å². The van der Waals surface area contributed by atoms with Gasteiger partial charge in [0.25, 0.3) is 0 Å². The van der Waals surface area contributed by atoms with E-state index in [0.717, 1.165) is 43.9 Å². The first-order valence-corrected chi connectivity index (χ1v) is 6.27. The second-order valence-corrected chi connectivity index (χ2v) is 4.87. The van der Waals surface area contributed by atoms with E-state index >= 15 is 0 Å². The maximum absolute atomic E-state index is 5.91. The molecular weight excluding hydrogens is 238 g/mol. The van der Waals surface area contributed by atoms with Gasteiger partial charge in [-0.3, -0.25) is 0 Å². The molecule has 0 aromatic carbocycles. The minimum atomic E-state index is 0.650. The lowest BCUT2D eigenvalue weighted by molar-refractivity contribution is 0.0660. The van der Waals surface area contributed by atoms with Gasteiger partial charge in [-0.15, -0.1) is 0 Å². The Balaban J connectivity index is 1.80. The van der Waals surface area contributed by atoms with E-state index in [0.29, 0.717) is 10.9 Å². The quantitative estimate of drug-likeness (QED) is 0.823. The monoisotopic (exact) mass is 251 g/mol. The van der Waals surface area contributed by atoms with Crippen molar-refractivity contribution in [3.05, 3.63) is 29.2 Å². The largest absolute Gasteiger partial charge is 0.381 e. The standard InChI is InChI=1S/C12H14ClN3O/c13-10-1-2-12-14-11(15-16(12)8-10)7-9-3-5-17-6-4-9/h1-2,8-9H,3-7H2. The van der Waals surface area contributed by atoms with Gasteiger partial charge in [0.05, 0.1) is 5.02 Å². The Bertz CT molecular complexity index is 519. The Kier molecular flexibility index (Phi) is 2.99. The SMILES string of the molecule is Clc1ccc2nc(CC3CCOCC3)nn2c1. The summed E-state index contributed by atoms with van der Waals surface area (Å²) in [4.78, 5) is 4.50. The topological polar surface area (TPSA) is 39.4 Å². The Morgan fingerprint density at radius 1 is 1.35 bits per heavy atom. The van der Waals surface area contributed by atoms with Crippen LogP contribution in [0.5, 0.6) is 0 Å². The highest BCUT2D eigenvalue weighted by Gasteiger charge is 2.16. The molecule has 0 radical (unpaired) electrons. The van der Waals surface area contributed by atoms with Gasteiger partial charge in [0.15, 0.2) is 11.5 Å². The number of pyridine rings is 1. The third-order valence-electron chi connectivity index (χ3n) is 3.15. The molecule has 0 N–H and O–H groups in total. The van der Waals surface area contributed by atoms with Crippen LogP contribution in [0, 0.1) is 5.92 Å². The van der Waals surface area contributed by atoms with Crippen LogP contribution in [0.15, 0.2) is 18.3 Å². The van der Waals surface area contributed by atoms with Crippen LogP contribution in [0.3, 0.4) is 0 Å². The molecule has 4 nitrogen and oxygen atoms in total. The molecule has 2 aromatic heterocycles. The van der Waals surface area contributed by atoms with E-state index in [1.165, 1.54) is 0 Å². The maximum atomic E-state index is 5.91. The number of aromatic nitrogens is 3. The first kappa shape index (κ1) is 11.0. The highest BCUT2D eigenvalue weighted by atomic mass is 35.5. The molecular formula is C12H14ClN3O. The first-order valence-electron chi connectivity index (χ1n) is 5.90. The van der Waals surface area contributed by atoms with Gasteiger partial charge >= 0.3 is 0 Å². The second-order valence-electron chi connectivity index (χ2n) is 4.44. The van der Waals surface area contributed by atoms with Gasteiger partial charge in [0, 0.05) is 25.8 Å². The summed E-state index contributed by atoms with van der Waals surface area (Å²) in [7, 11) is 0. The smallest absolute Gasteiger partial charge is 0.155 e. The van der Waals surface area contributed by atoms with Crippen LogP contribution in [-0.2, 0) is 11.2 Å². The molecule has 17 heavy (non-hydrogen) atoms. The average Bonchev–Trinajstić information content (AvgIpc) is 2.71. The zero-order valence-electron chi connectivity index (χ0n) is 9.47. The van der Waals surface area contributed by atoms with E-state index in [-0.39, 0.29) is 0 Å². The zero-order chi connectivity index (χ0) is 11.7. The number of hydrogen-bond donors (Lipinski definition) is 0. The Hall–Kier alpha value is -1.13. The molecule has 1 saturated heterocycles. The van der Waals surface area contributed by atoms with E-state index in [2.05, 4.69) is 10.1 Å². The summed E-state index contributed by atoms with van der Waals surface area (Å²) in [5.74, 6) is 1.55. The third kappa shape index (κ3) is 2.42. The van der Waals surface area contributed by atoms with Crippen LogP contribution in [-0.4, -0.2) is 27.8 Å². The van der Waals surface area contributed by atoms with Crippen LogP contribution in [0.1, 0.15) is 18.7 Å². The number of halogens is 1. The molecule has 1 aliphatic heterocycles. The molecule has 1 aliphatic rings. The zero-order valence-corrected chi connectivity index (χ0v) is 10.2. The fraction of sp³-hybridized carbons (Fsp3) is 0.500. The van der Waals surface area contributed by atoms with Gasteiger partial charge in [0.2, 0.25) is 0 Å². The summed E-state index contributed by atoms with van der Waals surface area (Å²) in [6, 6.07) is 3.73. The van der Waals surface area contributed by atoms with Crippen molar-refractivity contribution < 1.29 is 4.74 Å². The molecule has 0 spiro atoms. The fourth-order valence-corrected chi connectivity index (χ4v) is 2.35. The van der Waals surface area contributed by atoms with Crippen molar-refractivity contribution in [2.45, 2.75) is 19.3 Å². The van der Waals surface area contributed by atoms with Gasteiger partial charge in [0.1, 0.15) is 0 Å². The minimum absolute atomic E-state index is 0.650. The highest BCUT2D eigenvalue weighted by molar-refractivity contribution is 6.30. The predicted molar refractivity (Wildman–Crippen MR) is 65.2 cm³/mol. The lowest BCUT2D eigenvalue weighted by atomic mass is 9.96. The van der Waals surface area contributed by atoms with Crippen LogP contribution < -0.4 is 0 Å². The molecule has 2 aromatic rings. The molecule has 0 saturated carbocycles. The molecule has 0 aliphatic carbocycles. The summed E-state index contributed by atoms with van der Waals surface area (Å²) in [5, 5.41) is 5.13. The number of rotatable bonds is 2. The lowest BCUT2D eigenvalue weighted by Gasteiger charge is -2.20. The Labute approximate surface area is 105 Å². The fourth-order valence-electron chi connectivity index (χ4n) is 2.20. The number of fused-ring (bicyclic) bond motifs is 1. The number of nitrogens with zero attached hydrogens (tertiary/aromatic N) is 3. The van der Waals surface area contributed by atoms with Crippen molar-refractivity contribution in [2.24, 2.45) is 5.92 Å². The molecule has 0 bridgehead atoms. The molecule has 3 rings (SSSR count). The molecule has 5 heteroatoms. The van der Waals surface area contributed by atoms with Crippen molar-refractivity contribution >= 4 is 17.2 Å². The van der Waals surface area contributed by atoms with Gasteiger partial charge < -0.3 is 4.74 Å². The minimum Gasteiger partial charge on any atom is -0.381 e. The van der Waals surface area contributed by atoms with E-state index in [1.807, 2.05) is 12.1 Å². The summed E-state index contributed by atoms with van der Waals surface area (Å²) >= 11 is 5.91. The second kappa shape index (κ2) is 4.63. The predicted octanol–water partition coefficient (Wildman–Crippen LogP) is 2.35. The molecule has 0 unspecified atom stereocenters.